The first-order valence-corrected chi connectivity index (χ1v) is 19.1. The first-order chi connectivity index (χ1) is 25.3. The van der Waals surface area contributed by atoms with E-state index in [2.05, 4.69) is 92.7 Å². The molecule has 0 spiro atoms. The molecule has 1 N–H and O–H groups in total. The van der Waals surface area contributed by atoms with E-state index in [0.717, 1.165) is 84.0 Å². The van der Waals surface area contributed by atoms with Gasteiger partial charge >= 0.3 is 0 Å². The molecule has 1 aliphatic carbocycles. The Bertz CT molecular complexity index is 2190. The molecule has 53 heavy (non-hydrogen) atoms. The van der Waals surface area contributed by atoms with Crippen LogP contribution in [0.5, 0.6) is 0 Å². The van der Waals surface area contributed by atoms with Gasteiger partial charge < -0.3 is 9.52 Å². The molecule has 277 valence electrons. The minimum absolute atomic E-state index is 0. The third kappa shape index (κ3) is 8.72. The van der Waals surface area contributed by atoms with E-state index in [0.29, 0.717) is 5.92 Å². The van der Waals surface area contributed by atoms with E-state index in [1.165, 1.54) is 39.3 Å². The number of allylic oxidation sites excluding steroid dienone is 2. The van der Waals surface area contributed by atoms with E-state index in [1.807, 2.05) is 33.8 Å². The average Bonchev–Trinajstić information content (AvgIpc) is 3.55. The zero-order valence-corrected chi connectivity index (χ0v) is 34.2. The third-order valence-corrected chi connectivity index (χ3v) is 10.5. The number of aromatic nitrogens is 2. The summed E-state index contributed by atoms with van der Waals surface area (Å²) in [6.45, 7) is 12.6. The molecule has 0 bridgehead atoms. The number of nitrogens with zero attached hydrogens (tertiary/aromatic N) is 2. The maximum absolute atomic E-state index is 11.7. The summed E-state index contributed by atoms with van der Waals surface area (Å²) < 4.78 is 6.64. The van der Waals surface area contributed by atoms with Crippen LogP contribution < -0.4 is 0 Å². The molecule has 0 fully saturated rings. The number of benzene rings is 4. The molecule has 2 heterocycles. The van der Waals surface area contributed by atoms with Gasteiger partial charge in [-0.25, -0.2) is 4.98 Å². The number of carbonyl (C=O) groups excluding carboxylic acids is 1. The van der Waals surface area contributed by atoms with Crippen molar-refractivity contribution in [2.75, 3.05) is 0 Å². The molecular weight excluding hydrogens is 833 g/mol. The predicted octanol–water partition coefficient (Wildman–Crippen LogP) is 12.3. The predicted molar refractivity (Wildman–Crippen MR) is 214 cm³/mol. The molecule has 0 amide bonds. The average molecular weight is 884 g/mol. The molecule has 7 rings (SSSR count). The second kappa shape index (κ2) is 18.1. The SMILES string of the molecule is CC(C)Cc1ccc2c(c1)CCc1c-2oc2c(-c3[c-]c4ccccc4c(-c4ccccc4)c3)ncnc12.CCC(CC)C(=O)/C=C(\O)C(CC)CC.[Ir]. The van der Waals surface area contributed by atoms with Gasteiger partial charge in [-0.15, -0.1) is 23.6 Å². The normalized spacial score (nSPS) is 12.4. The van der Waals surface area contributed by atoms with E-state index in [9.17, 15) is 9.90 Å². The Labute approximate surface area is 328 Å². The maximum Gasteiger partial charge on any atom is 0.162 e. The van der Waals surface area contributed by atoms with Gasteiger partial charge in [-0.3, -0.25) is 9.78 Å². The minimum atomic E-state index is 0. The summed E-state index contributed by atoms with van der Waals surface area (Å²) in [7, 11) is 0. The number of hydrogen-bond donors (Lipinski definition) is 1. The smallest absolute Gasteiger partial charge is 0.162 e. The van der Waals surface area contributed by atoms with E-state index in [-0.39, 0.29) is 43.5 Å². The molecule has 6 heteroatoms. The molecule has 0 unspecified atom stereocenters. The van der Waals surface area contributed by atoms with Crippen molar-refractivity contribution in [3.8, 4) is 33.7 Å². The minimum Gasteiger partial charge on any atom is -0.512 e. The van der Waals surface area contributed by atoms with Gasteiger partial charge in [-0.05, 0) is 67.6 Å². The van der Waals surface area contributed by atoms with Gasteiger partial charge in [0.25, 0.3) is 0 Å². The van der Waals surface area contributed by atoms with Crippen molar-refractivity contribution in [1.29, 1.82) is 0 Å². The molecule has 1 radical (unpaired) electrons. The number of aryl methyl sites for hydroxylation is 2. The number of hydrogen-bond acceptors (Lipinski definition) is 5. The molecular formula is C47H51IrN2O3-. The second-order valence-corrected chi connectivity index (χ2v) is 14.4. The molecule has 0 atom stereocenters. The summed E-state index contributed by atoms with van der Waals surface area (Å²) in [4.78, 5) is 21.1. The van der Waals surface area contributed by atoms with Crippen LogP contribution in [0.1, 0.15) is 83.9 Å². The van der Waals surface area contributed by atoms with Gasteiger partial charge in [0.05, 0.1) is 11.5 Å². The third-order valence-electron chi connectivity index (χ3n) is 10.5. The molecule has 6 aromatic rings. The van der Waals surface area contributed by atoms with Gasteiger partial charge in [0.2, 0.25) is 0 Å². The molecule has 0 saturated heterocycles. The first kappa shape index (κ1) is 39.8. The van der Waals surface area contributed by atoms with Crippen molar-refractivity contribution in [1.82, 2.24) is 9.97 Å². The Morgan fingerprint density at radius 2 is 1.55 bits per heavy atom. The Kier molecular flexibility index (Phi) is 13.6. The fraction of sp³-hybridized carbons (Fsp3) is 0.340. The van der Waals surface area contributed by atoms with Crippen molar-refractivity contribution in [3.63, 3.8) is 0 Å². The number of furan rings is 1. The summed E-state index contributed by atoms with van der Waals surface area (Å²) in [6.07, 6.45) is 9.59. The molecule has 2 aromatic heterocycles. The number of rotatable bonds is 11. The Balaban J connectivity index is 0.000000290. The molecule has 5 nitrogen and oxygen atoms in total. The molecule has 1 aliphatic rings. The van der Waals surface area contributed by atoms with E-state index < -0.39 is 0 Å². The summed E-state index contributed by atoms with van der Waals surface area (Å²) in [5.41, 5.74) is 10.8. The van der Waals surface area contributed by atoms with Crippen LogP contribution >= 0.6 is 0 Å². The molecule has 4 aromatic carbocycles. The number of aliphatic hydroxyl groups is 1. The van der Waals surface area contributed by atoms with Crippen LogP contribution in [-0.4, -0.2) is 20.9 Å². The number of aliphatic hydroxyl groups excluding tert-OH is 1. The summed E-state index contributed by atoms with van der Waals surface area (Å²) in [6, 6.07) is 31.6. The summed E-state index contributed by atoms with van der Waals surface area (Å²) in [5.74, 6) is 2.13. The van der Waals surface area contributed by atoms with Crippen LogP contribution in [-0.2, 0) is 44.2 Å². The standard InChI is InChI=1S/C34H27N2O.C13H24O2.Ir/c1-21(2)16-22-12-14-28-25(17-22)13-15-29-32-34(37-33(28)29)31(35-20-36-32)26-18-24-10-6-7-11-27(24)30(19-26)23-8-4-3-5-9-23;1-5-10(6-2)12(14)9-13(15)11(7-3)8-4;/h3-12,14,17,19-21H,13,15-16H2,1-2H3;9-11,14H,5-8H2,1-4H3;/q-1;;/b;12-9-;. The zero-order chi connectivity index (χ0) is 36.8. The van der Waals surface area contributed by atoms with E-state index in [4.69, 9.17) is 14.4 Å². The fourth-order valence-electron chi connectivity index (χ4n) is 7.53. The Morgan fingerprint density at radius 3 is 2.25 bits per heavy atom. The molecule has 0 saturated carbocycles. The van der Waals surface area contributed by atoms with Crippen molar-refractivity contribution < 1.29 is 34.4 Å². The van der Waals surface area contributed by atoms with Crippen molar-refractivity contribution in [2.24, 2.45) is 17.8 Å². The largest absolute Gasteiger partial charge is 0.512 e. The van der Waals surface area contributed by atoms with Gasteiger partial charge in [0.15, 0.2) is 5.78 Å². The maximum atomic E-state index is 11.7. The summed E-state index contributed by atoms with van der Waals surface area (Å²) in [5, 5.41) is 12.0. The monoisotopic (exact) mass is 884 g/mol. The van der Waals surface area contributed by atoms with Crippen molar-refractivity contribution in [3.05, 3.63) is 120 Å². The van der Waals surface area contributed by atoms with Gasteiger partial charge in [-0.1, -0.05) is 125 Å². The number of fused-ring (bicyclic) bond motifs is 6. The van der Waals surface area contributed by atoms with Gasteiger partial charge in [0, 0.05) is 49.1 Å². The van der Waals surface area contributed by atoms with Crippen LogP contribution in [0.15, 0.2) is 101 Å². The number of ketones is 1. The second-order valence-electron chi connectivity index (χ2n) is 14.4. The summed E-state index contributed by atoms with van der Waals surface area (Å²) >= 11 is 0. The van der Waals surface area contributed by atoms with Gasteiger partial charge in [-0.2, -0.15) is 0 Å². The Morgan fingerprint density at radius 1 is 0.849 bits per heavy atom. The number of carbonyl (C=O) groups is 1. The van der Waals surface area contributed by atoms with Crippen LogP contribution in [0.25, 0.3) is 55.6 Å². The van der Waals surface area contributed by atoms with Crippen molar-refractivity contribution >= 4 is 27.7 Å². The Hall–Kier alpha value is -4.38. The topological polar surface area (TPSA) is 76.2 Å². The van der Waals surface area contributed by atoms with Crippen LogP contribution in [0.3, 0.4) is 0 Å². The molecule has 0 aliphatic heterocycles. The van der Waals surface area contributed by atoms with Crippen LogP contribution in [0, 0.1) is 23.8 Å². The van der Waals surface area contributed by atoms with Crippen LogP contribution in [0.2, 0.25) is 0 Å². The first-order valence-electron chi connectivity index (χ1n) is 19.1. The van der Waals surface area contributed by atoms with E-state index in [1.54, 1.807) is 6.33 Å². The fourth-order valence-corrected chi connectivity index (χ4v) is 7.53. The van der Waals surface area contributed by atoms with Crippen LogP contribution in [0.4, 0.5) is 0 Å². The van der Waals surface area contributed by atoms with Gasteiger partial charge in [0.1, 0.15) is 23.2 Å². The van der Waals surface area contributed by atoms with Crippen molar-refractivity contribution in [2.45, 2.75) is 86.5 Å². The zero-order valence-electron chi connectivity index (χ0n) is 31.8. The quantitative estimate of drug-likeness (QED) is 0.0797. The van der Waals surface area contributed by atoms with E-state index >= 15 is 0 Å².